The first-order chi connectivity index (χ1) is 8.35. The number of halogens is 3. The number of alkyl halides is 3. The maximum absolute atomic E-state index is 12.8. The van der Waals surface area contributed by atoms with Crippen molar-refractivity contribution in [2.24, 2.45) is 5.73 Å². The SMILES string of the molecule is COC(=O)c1c(C#N)cc(CN)cc1C(F)(F)F. The molecule has 1 aromatic rings. The minimum absolute atomic E-state index is 0.117. The molecule has 7 heteroatoms. The van der Waals surface area contributed by atoms with Crippen LogP contribution in [0.25, 0.3) is 0 Å². The van der Waals surface area contributed by atoms with Crippen LogP contribution in [0.4, 0.5) is 13.2 Å². The third kappa shape index (κ3) is 2.60. The maximum Gasteiger partial charge on any atom is 0.417 e. The Kier molecular flexibility index (Phi) is 3.93. The van der Waals surface area contributed by atoms with Gasteiger partial charge in [-0.25, -0.2) is 4.79 Å². The number of nitriles is 1. The number of carbonyl (C=O) groups excluding carboxylic acids is 1. The van der Waals surface area contributed by atoms with Gasteiger partial charge < -0.3 is 10.5 Å². The van der Waals surface area contributed by atoms with Crippen molar-refractivity contribution < 1.29 is 22.7 Å². The van der Waals surface area contributed by atoms with Crippen molar-refractivity contribution in [3.8, 4) is 6.07 Å². The van der Waals surface area contributed by atoms with Crippen LogP contribution in [0.5, 0.6) is 0 Å². The summed E-state index contributed by atoms with van der Waals surface area (Å²) >= 11 is 0. The number of ether oxygens (including phenoxy) is 1. The molecule has 0 spiro atoms. The highest BCUT2D eigenvalue weighted by Gasteiger charge is 2.37. The maximum atomic E-state index is 12.8. The van der Waals surface area contributed by atoms with Crippen molar-refractivity contribution in [2.45, 2.75) is 12.7 Å². The van der Waals surface area contributed by atoms with Crippen LogP contribution in [0, 0.1) is 11.3 Å². The second kappa shape index (κ2) is 5.06. The Bertz CT molecular complexity index is 518. The molecule has 2 N–H and O–H groups in total. The van der Waals surface area contributed by atoms with Crippen LogP contribution >= 0.6 is 0 Å². The van der Waals surface area contributed by atoms with Crippen molar-refractivity contribution >= 4 is 5.97 Å². The van der Waals surface area contributed by atoms with E-state index < -0.39 is 28.8 Å². The Hall–Kier alpha value is -2.07. The van der Waals surface area contributed by atoms with E-state index in [4.69, 9.17) is 11.0 Å². The van der Waals surface area contributed by atoms with E-state index in [0.29, 0.717) is 0 Å². The molecule has 0 amide bonds. The van der Waals surface area contributed by atoms with Crippen LogP contribution < -0.4 is 5.73 Å². The molecule has 0 bridgehead atoms. The van der Waals surface area contributed by atoms with Gasteiger partial charge in [-0.1, -0.05) is 0 Å². The van der Waals surface area contributed by atoms with Crippen LogP contribution in [0.2, 0.25) is 0 Å². The number of esters is 1. The largest absolute Gasteiger partial charge is 0.465 e. The molecule has 4 nitrogen and oxygen atoms in total. The number of rotatable bonds is 2. The van der Waals surface area contributed by atoms with E-state index in [0.717, 1.165) is 19.2 Å². The Morgan fingerprint density at radius 1 is 1.50 bits per heavy atom. The molecule has 0 aliphatic carbocycles. The smallest absolute Gasteiger partial charge is 0.417 e. The van der Waals surface area contributed by atoms with Gasteiger partial charge >= 0.3 is 12.1 Å². The summed E-state index contributed by atoms with van der Waals surface area (Å²) in [5, 5.41) is 8.81. The van der Waals surface area contributed by atoms with Gasteiger partial charge in [-0.2, -0.15) is 18.4 Å². The topological polar surface area (TPSA) is 76.1 Å². The van der Waals surface area contributed by atoms with Gasteiger partial charge in [-0.15, -0.1) is 0 Å². The number of benzene rings is 1. The fraction of sp³-hybridized carbons (Fsp3) is 0.273. The number of methoxy groups -OCH3 is 1. The van der Waals surface area contributed by atoms with E-state index in [1.165, 1.54) is 0 Å². The van der Waals surface area contributed by atoms with Crippen LogP contribution in [-0.4, -0.2) is 13.1 Å². The molecule has 0 fully saturated rings. The summed E-state index contributed by atoms with van der Waals surface area (Å²) in [6.07, 6.45) is -4.76. The van der Waals surface area contributed by atoms with Gasteiger partial charge in [0.15, 0.2) is 0 Å². The van der Waals surface area contributed by atoms with Gasteiger partial charge in [0.2, 0.25) is 0 Å². The zero-order valence-corrected chi connectivity index (χ0v) is 9.34. The van der Waals surface area contributed by atoms with Gasteiger partial charge in [0.1, 0.15) is 6.07 Å². The van der Waals surface area contributed by atoms with E-state index in [2.05, 4.69) is 4.74 Å². The van der Waals surface area contributed by atoms with Gasteiger partial charge in [0, 0.05) is 6.54 Å². The minimum atomic E-state index is -4.76. The van der Waals surface area contributed by atoms with Gasteiger partial charge in [-0.3, -0.25) is 0 Å². The third-order valence-electron chi connectivity index (χ3n) is 2.25. The van der Waals surface area contributed by atoms with E-state index in [1.807, 2.05) is 0 Å². The summed E-state index contributed by atoms with van der Waals surface area (Å²) in [5.41, 5.74) is 2.96. The molecule has 0 aliphatic heterocycles. The minimum Gasteiger partial charge on any atom is -0.465 e. The number of hydrogen-bond acceptors (Lipinski definition) is 4. The Balaban J connectivity index is 3.64. The highest BCUT2D eigenvalue weighted by Crippen LogP contribution is 2.34. The second-order valence-electron chi connectivity index (χ2n) is 3.37. The van der Waals surface area contributed by atoms with Crippen LogP contribution in [0.3, 0.4) is 0 Å². The molecule has 0 atom stereocenters. The average Bonchev–Trinajstić information content (AvgIpc) is 2.34. The zero-order valence-electron chi connectivity index (χ0n) is 9.34. The Morgan fingerprint density at radius 2 is 2.11 bits per heavy atom. The highest BCUT2D eigenvalue weighted by molar-refractivity contribution is 5.94. The van der Waals surface area contributed by atoms with Gasteiger partial charge in [0.05, 0.1) is 23.8 Å². The fourth-order valence-electron chi connectivity index (χ4n) is 1.45. The van der Waals surface area contributed by atoms with E-state index >= 15 is 0 Å². The van der Waals surface area contributed by atoms with Crippen LogP contribution in [0.1, 0.15) is 27.0 Å². The first-order valence-electron chi connectivity index (χ1n) is 4.77. The number of hydrogen-bond donors (Lipinski definition) is 1. The van der Waals surface area contributed by atoms with Crippen LogP contribution in [0.15, 0.2) is 12.1 Å². The third-order valence-corrected chi connectivity index (χ3v) is 2.25. The highest BCUT2D eigenvalue weighted by atomic mass is 19.4. The van der Waals surface area contributed by atoms with Crippen LogP contribution in [-0.2, 0) is 17.5 Å². The lowest BCUT2D eigenvalue weighted by molar-refractivity contribution is -0.138. The molecular formula is C11H9F3N2O2. The predicted molar refractivity (Wildman–Crippen MR) is 55.4 cm³/mol. The normalized spacial score (nSPS) is 10.9. The molecule has 0 aromatic heterocycles. The zero-order chi connectivity index (χ0) is 13.9. The van der Waals surface area contributed by atoms with Crippen molar-refractivity contribution in [1.29, 1.82) is 5.26 Å². The first-order valence-corrected chi connectivity index (χ1v) is 4.77. The molecule has 0 aliphatic rings. The summed E-state index contributed by atoms with van der Waals surface area (Å²) in [7, 11) is 0.945. The molecule has 0 saturated heterocycles. The fourth-order valence-corrected chi connectivity index (χ4v) is 1.45. The number of carbonyl (C=O) groups is 1. The molecule has 1 aromatic carbocycles. The molecular weight excluding hydrogens is 249 g/mol. The van der Waals surface area contributed by atoms with Gasteiger partial charge in [-0.05, 0) is 17.7 Å². The molecule has 18 heavy (non-hydrogen) atoms. The predicted octanol–water partition coefficient (Wildman–Crippen LogP) is 1.82. The summed E-state index contributed by atoms with van der Waals surface area (Å²) < 4.78 is 42.7. The van der Waals surface area contributed by atoms with Gasteiger partial charge in [0.25, 0.3) is 0 Å². The summed E-state index contributed by atoms with van der Waals surface area (Å²) in [5.74, 6) is -1.21. The van der Waals surface area contributed by atoms with E-state index in [9.17, 15) is 18.0 Å². The summed E-state index contributed by atoms with van der Waals surface area (Å²) in [6.45, 7) is -0.167. The lowest BCUT2D eigenvalue weighted by atomic mass is 9.97. The van der Waals surface area contributed by atoms with Crippen molar-refractivity contribution in [2.75, 3.05) is 7.11 Å². The summed E-state index contributed by atoms with van der Waals surface area (Å²) in [4.78, 5) is 11.4. The molecule has 0 unspecified atom stereocenters. The number of nitrogens with zero attached hydrogens (tertiary/aromatic N) is 1. The van der Waals surface area contributed by atoms with E-state index in [1.54, 1.807) is 6.07 Å². The molecule has 0 radical (unpaired) electrons. The van der Waals surface area contributed by atoms with E-state index in [-0.39, 0.29) is 12.1 Å². The standard InChI is InChI=1S/C11H9F3N2O2/c1-18-10(17)9-7(5-16)2-6(4-15)3-8(9)11(12,13)14/h2-3H,4,15H2,1H3. The number of nitrogens with two attached hydrogens (primary N) is 1. The van der Waals surface area contributed by atoms with Crippen molar-refractivity contribution in [3.63, 3.8) is 0 Å². The quantitative estimate of drug-likeness (QED) is 0.821. The molecule has 0 heterocycles. The Morgan fingerprint density at radius 3 is 2.50 bits per heavy atom. The first kappa shape index (κ1) is 14.0. The van der Waals surface area contributed by atoms with Crippen molar-refractivity contribution in [3.05, 3.63) is 34.4 Å². The molecule has 0 saturated carbocycles. The summed E-state index contributed by atoms with van der Waals surface area (Å²) in [6, 6.07) is 3.43. The average molecular weight is 258 g/mol. The Labute approximate surface area is 101 Å². The van der Waals surface area contributed by atoms with Crippen molar-refractivity contribution in [1.82, 2.24) is 0 Å². The molecule has 96 valence electrons. The second-order valence-corrected chi connectivity index (χ2v) is 3.37. The lowest BCUT2D eigenvalue weighted by Crippen LogP contribution is -2.17. The molecule has 1 rings (SSSR count). The monoisotopic (exact) mass is 258 g/mol. The lowest BCUT2D eigenvalue weighted by Gasteiger charge is -2.14.